The van der Waals surface area contributed by atoms with E-state index < -0.39 is 5.97 Å². The molecule has 4 heteroatoms. The van der Waals surface area contributed by atoms with Crippen molar-refractivity contribution in [1.29, 1.82) is 0 Å². The van der Waals surface area contributed by atoms with Gasteiger partial charge in [0.1, 0.15) is 0 Å². The average molecular weight is 248 g/mol. The second-order valence-electron chi connectivity index (χ2n) is 4.26. The maximum atomic E-state index is 10.5. The molecule has 0 saturated carbocycles. The number of hydrogen-bond acceptors (Lipinski definition) is 3. The van der Waals surface area contributed by atoms with E-state index in [4.69, 9.17) is 14.6 Å². The molecule has 2 rings (SSSR count). The third-order valence-corrected chi connectivity index (χ3v) is 2.97. The van der Waals surface area contributed by atoms with Gasteiger partial charge < -0.3 is 14.6 Å². The van der Waals surface area contributed by atoms with Gasteiger partial charge in [-0.15, -0.1) is 0 Å². The van der Waals surface area contributed by atoms with Gasteiger partial charge in [-0.3, -0.25) is 0 Å². The summed E-state index contributed by atoms with van der Waals surface area (Å²) in [5.41, 5.74) is 1.13. The van der Waals surface area contributed by atoms with Crippen LogP contribution in [0, 0.1) is 5.92 Å². The molecule has 0 fully saturated rings. The van der Waals surface area contributed by atoms with Crippen LogP contribution in [0.25, 0.3) is 0 Å². The predicted octanol–water partition coefficient (Wildman–Crippen LogP) is 2.62. The number of rotatable bonds is 5. The van der Waals surface area contributed by atoms with Crippen LogP contribution in [0.5, 0.6) is 11.5 Å². The maximum absolute atomic E-state index is 10.5. The van der Waals surface area contributed by atoms with Crippen molar-refractivity contribution in [3.63, 3.8) is 0 Å². The van der Waals surface area contributed by atoms with Gasteiger partial charge >= 0.3 is 5.97 Å². The van der Waals surface area contributed by atoms with Crippen LogP contribution in [-0.4, -0.2) is 17.9 Å². The summed E-state index contributed by atoms with van der Waals surface area (Å²) in [5.74, 6) is 0.859. The lowest BCUT2D eigenvalue weighted by Crippen LogP contribution is -2.01. The lowest BCUT2D eigenvalue weighted by molar-refractivity contribution is -0.131. The Morgan fingerprint density at radius 2 is 2.22 bits per heavy atom. The fourth-order valence-corrected chi connectivity index (χ4v) is 1.94. The summed E-state index contributed by atoms with van der Waals surface area (Å²) in [6.45, 7) is 2.32. The van der Waals surface area contributed by atoms with E-state index in [2.05, 4.69) is 0 Å². The summed E-state index contributed by atoms with van der Waals surface area (Å²) in [7, 11) is 0. The molecule has 1 aliphatic heterocycles. The van der Waals surface area contributed by atoms with Crippen molar-refractivity contribution in [3.8, 4) is 11.5 Å². The monoisotopic (exact) mass is 248 g/mol. The highest BCUT2D eigenvalue weighted by atomic mass is 16.7. The molecule has 0 saturated heterocycles. The molecule has 1 N–H and O–H groups in total. The maximum Gasteiger partial charge on any atom is 0.327 e. The molecular weight excluding hydrogens is 232 g/mol. The van der Waals surface area contributed by atoms with Crippen LogP contribution < -0.4 is 9.47 Å². The van der Waals surface area contributed by atoms with E-state index in [0.717, 1.165) is 29.9 Å². The molecule has 0 bridgehead atoms. The average Bonchev–Trinajstić information content (AvgIpc) is 2.81. The number of carboxylic acid groups (broad SMARTS) is 1. The summed E-state index contributed by atoms with van der Waals surface area (Å²) in [4.78, 5) is 10.5. The highest BCUT2D eigenvalue weighted by Crippen LogP contribution is 2.33. The minimum Gasteiger partial charge on any atom is -0.478 e. The van der Waals surface area contributed by atoms with Crippen LogP contribution >= 0.6 is 0 Å². The first-order valence-electron chi connectivity index (χ1n) is 5.98. The highest BCUT2D eigenvalue weighted by Gasteiger charge is 2.14. The number of fused-ring (bicyclic) bond motifs is 1. The molecule has 18 heavy (non-hydrogen) atoms. The molecule has 0 spiro atoms. The molecule has 1 heterocycles. The first-order chi connectivity index (χ1) is 8.69. The van der Waals surface area contributed by atoms with Gasteiger partial charge in [-0.25, -0.2) is 4.79 Å². The Balaban J connectivity index is 2.05. The van der Waals surface area contributed by atoms with Gasteiger partial charge in [0.05, 0.1) is 0 Å². The van der Waals surface area contributed by atoms with Crippen molar-refractivity contribution in [2.24, 2.45) is 5.92 Å². The van der Waals surface area contributed by atoms with Crippen LogP contribution in [-0.2, 0) is 11.2 Å². The van der Waals surface area contributed by atoms with Crippen LogP contribution in [0.15, 0.2) is 30.4 Å². The number of hydrogen-bond donors (Lipinski definition) is 1. The Morgan fingerprint density at radius 3 is 2.94 bits per heavy atom. The molecular formula is C14H16O4. The predicted molar refractivity (Wildman–Crippen MR) is 66.8 cm³/mol. The van der Waals surface area contributed by atoms with Crippen LogP contribution in [0.1, 0.15) is 18.9 Å². The lowest BCUT2D eigenvalue weighted by atomic mass is 9.96. The zero-order chi connectivity index (χ0) is 13.0. The summed E-state index contributed by atoms with van der Waals surface area (Å²) in [6, 6.07) is 5.84. The minimum absolute atomic E-state index is 0.224. The summed E-state index contributed by atoms with van der Waals surface area (Å²) in [5, 5.41) is 8.63. The number of benzene rings is 1. The Hall–Kier alpha value is -1.97. The molecule has 1 aromatic carbocycles. The van der Waals surface area contributed by atoms with Crippen molar-refractivity contribution < 1.29 is 19.4 Å². The fraction of sp³-hybridized carbons (Fsp3) is 0.357. The molecule has 0 aliphatic carbocycles. The largest absolute Gasteiger partial charge is 0.478 e. The SMILES string of the molecule is CCC(/C=C/C(=O)O)Cc1ccc2c(c1)OCO2. The standard InChI is InChI=1S/C14H16O4/c1-2-10(4-6-14(15)16)7-11-3-5-12-13(8-11)18-9-17-12/h3-6,8,10H,2,7,9H2,1H3,(H,15,16)/b6-4+. The summed E-state index contributed by atoms with van der Waals surface area (Å²) >= 11 is 0. The molecule has 96 valence electrons. The molecule has 4 nitrogen and oxygen atoms in total. The Bertz CT molecular complexity index is 465. The normalized spacial score (nSPS) is 14.9. The van der Waals surface area contributed by atoms with Crippen LogP contribution in [0.4, 0.5) is 0 Å². The molecule has 0 amide bonds. The first kappa shape index (κ1) is 12.5. The fourth-order valence-electron chi connectivity index (χ4n) is 1.94. The van der Waals surface area contributed by atoms with Crippen molar-refractivity contribution in [3.05, 3.63) is 35.9 Å². The van der Waals surface area contributed by atoms with E-state index in [1.807, 2.05) is 25.1 Å². The third kappa shape index (κ3) is 3.03. The minimum atomic E-state index is -0.904. The third-order valence-electron chi connectivity index (χ3n) is 2.97. The van der Waals surface area contributed by atoms with Gasteiger partial charge in [0, 0.05) is 6.08 Å². The number of ether oxygens (including phenoxy) is 2. The van der Waals surface area contributed by atoms with Crippen molar-refractivity contribution in [2.45, 2.75) is 19.8 Å². The second kappa shape index (κ2) is 5.58. The second-order valence-corrected chi connectivity index (χ2v) is 4.26. The Kier molecular flexibility index (Phi) is 3.87. The van der Waals surface area contributed by atoms with Gasteiger partial charge in [-0.05, 0) is 36.5 Å². The van der Waals surface area contributed by atoms with Crippen LogP contribution in [0.3, 0.4) is 0 Å². The highest BCUT2D eigenvalue weighted by molar-refractivity contribution is 5.79. The van der Waals surface area contributed by atoms with Gasteiger partial charge in [0.25, 0.3) is 0 Å². The zero-order valence-corrected chi connectivity index (χ0v) is 10.3. The first-order valence-corrected chi connectivity index (χ1v) is 5.98. The number of aliphatic carboxylic acids is 1. The smallest absolute Gasteiger partial charge is 0.327 e. The topological polar surface area (TPSA) is 55.8 Å². The van der Waals surface area contributed by atoms with E-state index in [9.17, 15) is 4.79 Å². The number of carbonyl (C=O) groups is 1. The lowest BCUT2D eigenvalue weighted by Gasteiger charge is -2.10. The van der Waals surface area contributed by atoms with E-state index in [0.29, 0.717) is 0 Å². The quantitative estimate of drug-likeness (QED) is 0.814. The van der Waals surface area contributed by atoms with E-state index in [-0.39, 0.29) is 12.7 Å². The van der Waals surface area contributed by atoms with Gasteiger partial charge in [-0.2, -0.15) is 0 Å². The number of allylic oxidation sites excluding steroid dienone is 1. The molecule has 1 aromatic rings. The molecule has 1 atom stereocenters. The van der Waals surface area contributed by atoms with Gasteiger partial charge in [-0.1, -0.05) is 19.1 Å². The van der Waals surface area contributed by atoms with E-state index in [1.165, 1.54) is 6.08 Å². The zero-order valence-electron chi connectivity index (χ0n) is 10.3. The molecule has 0 radical (unpaired) electrons. The Morgan fingerprint density at radius 1 is 1.44 bits per heavy atom. The van der Waals surface area contributed by atoms with E-state index in [1.54, 1.807) is 6.08 Å². The summed E-state index contributed by atoms with van der Waals surface area (Å²) < 4.78 is 10.6. The van der Waals surface area contributed by atoms with Crippen LogP contribution in [0.2, 0.25) is 0 Å². The van der Waals surface area contributed by atoms with Crippen molar-refractivity contribution in [1.82, 2.24) is 0 Å². The molecule has 1 unspecified atom stereocenters. The Labute approximate surface area is 106 Å². The van der Waals surface area contributed by atoms with Crippen molar-refractivity contribution >= 4 is 5.97 Å². The van der Waals surface area contributed by atoms with Gasteiger partial charge in [0.2, 0.25) is 6.79 Å². The van der Waals surface area contributed by atoms with E-state index >= 15 is 0 Å². The number of carboxylic acids is 1. The van der Waals surface area contributed by atoms with Gasteiger partial charge in [0.15, 0.2) is 11.5 Å². The summed E-state index contributed by atoms with van der Waals surface area (Å²) in [6.07, 6.45) is 4.66. The molecule has 1 aliphatic rings. The van der Waals surface area contributed by atoms with Crippen molar-refractivity contribution in [2.75, 3.05) is 6.79 Å². The molecule has 0 aromatic heterocycles.